The van der Waals surface area contributed by atoms with Gasteiger partial charge in [0.25, 0.3) is 0 Å². The monoisotopic (exact) mass is 276 g/mol. The van der Waals surface area contributed by atoms with Crippen LogP contribution in [0, 0.1) is 0 Å². The van der Waals surface area contributed by atoms with Crippen molar-refractivity contribution in [3.63, 3.8) is 0 Å². The summed E-state index contributed by atoms with van der Waals surface area (Å²) in [5, 5.41) is 3.36. The molecule has 0 amide bonds. The molecule has 3 rings (SSSR count). The van der Waals surface area contributed by atoms with Crippen LogP contribution < -0.4 is 11.1 Å². The van der Waals surface area contributed by atoms with E-state index in [2.05, 4.69) is 41.7 Å². The summed E-state index contributed by atoms with van der Waals surface area (Å²) in [6, 6.07) is 30.1. The second-order valence-electron chi connectivity index (χ2n) is 4.62. The fraction of sp³-hybridized carbons (Fsp3) is 0.0526. The van der Waals surface area contributed by atoms with E-state index in [1.807, 2.05) is 54.6 Å². The number of para-hydroxylation sites is 2. The molecule has 0 spiro atoms. The van der Waals surface area contributed by atoms with E-state index in [1.165, 1.54) is 5.56 Å². The Morgan fingerprint density at radius 2 is 1.10 bits per heavy atom. The highest BCUT2D eigenvalue weighted by atomic mass is 14.9. The Hall–Kier alpha value is -2.74. The Morgan fingerprint density at radius 1 is 0.619 bits per heavy atom. The third-order valence-corrected chi connectivity index (χ3v) is 2.91. The lowest BCUT2D eigenvalue weighted by atomic mass is 10.2. The predicted octanol–water partition coefficient (Wildman–Crippen LogP) is 4.57. The second kappa shape index (κ2) is 8.43. The van der Waals surface area contributed by atoms with Crippen LogP contribution in [0.4, 0.5) is 11.4 Å². The van der Waals surface area contributed by atoms with Crippen molar-refractivity contribution in [2.45, 2.75) is 6.54 Å². The summed E-state index contributed by atoms with van der Waals surface area (Å²) in [6.07, 6.45) is 0. The number of benzene rings is 3. The molecule has 21 heavy (non-hydrogen) atoms. The molecular formula is C19H20N2. The lowest BCUT2D eigenvalue weighted by Gasteiger charge is -2.05. The second-order valence-corrected chi connectivity index (χ2v) is 4.62. The van der Waals surface area contributed by atoms with Crippen LogP contribution in [0.2, 0.25) is 0 Å². The molecule has 0 radical (unpaired) electrons. The van der Waals surface area contributed by atoms with Gasteiger partial charge in [-0.1, -0.05) is 66.7 Å². The first kappa shape index (κ1) is 14.7. The van der Waals surface area contributed by atoms with Crippen LogP contribution in [0.1, 0.15) is 5.56 Å². The smallest absolute Gasteiger partial charge is 0.0400 e. The Kier molecular flexibility index (Phi) is 5.89. The first-order valence-corrected chi connectivity index (χ1v) is 6.98. The molecule has 3 N–H and O–H groups in total. The summed E-state index contributed by atoms with van der Waals surface area (Å²) >= 11 is 0. The SMILES string of the molecule is Nc1ccccc1.c1ccc(CNc2ccccc2)cc1. The molecule has 0 aliphatic rings. The molecule has 0 heterocycles. The Morgan fingerprint density at radius 3 is 1.57 bits per heavy atom. The minimum atomic E-state index is 0.822. The molecule has 0 aliphatic carbocycles. The number of hydrogen-bond donors (Lipinski definition) is 2. The molecule has 0 bridgehead atoms. The zero-order valence-corrected chi connectivity index (χ0v) is 11.9. The van der Waals surface area contributed by atoms with Crippen LogP contribution in [-0.4, -0.2) is 0 Å². The lowest BCUT2D eigenvalue weighted by Crippen LogP contribution is -1.98. The average Bonchev–Trinajstić information content (AvgIpc) is 2.56. The molecule has 0 unspecified atom stereocenters. The summed E-state index contributed by atoms with van der Waals surface area (Å²) in [5.41, 5.74) is 8.65. The number of rotatable bonds is 3. The van der Waals surface area contributed by atoms with Crippen molar-refractivity contribution in [3.8, 4) is 0 Å². The van der Waals surface area contributed by atoms with Crippen molar-refractivity contribution in [1.29, 1.82) is 0 Å². The highest BCUT2D eigenvalue weighted by molar-refractivity contribution is 5.43. The summed E-state index contributed by atoms with van der Waals surface area (Å²) < 4.78 is 0. The first-order valence-electron chi connectivity index (χ1n) is 6.98. The molecule has 0 saturated carbocycles. The number of nitrogens with one attached hydrogen (secondary N) is 1. The van der Waals surface area contributed by atoms with Gasteiger partial charge >= 0.3 is 0 Å². The third-order valence-electron chi connectivity index (χ3n) is 2.91. The van der Waals surface area contributed by atoms with Crippen LogP contribution >= 0.6 is 0 Å². The van der Waals surface area contributed by atoms with Gasteiger partial charge in [0.05, 0.1) is 0 Å². The molecule has 0 atom stereocenters. The van der Waals surface area contributed by atoms with Gasteiger partial charge in [-0.2, -0.15) is 0 Å². The van der Waals surface area contributed by atoms with Gasteiger partial charge in [-0.15, -0.1) is 0 Å². The maximum atomic E-state index is 5.36. The molecule has 2 heteroatoms. The zero-order chi connectivity index (χ0) is 14.8. The van der Waals surface area contributed by atoms with Gasteiger partial charge in [-0.05, 0) is 29.8 Å². The van der Waals surface area contributed by atoms with E-state index in [0.29, 0.717) is 0 Å². The van der Waals surface area contributed by atoms with Gasteiger partial charge in [0.1, 0.15) is 0 Å². The van der Waals surface area contributed by atoms with Gasteiger partial charge in [0.2, 0.25) is 0 Å². The van der Waals surface area contributed by atoms with Crippen LogP contribution in [0.5, 0.6) is 0 Å². The van der Waals surface area contributed by atoms with Crippen molar-refractivity contribution < 1.29 is 0 Å². The molecule has 106 valence electrons. The summed E-state index contributed by atoms with van der Waals surface area (Å²) in [7, 11) is 0. The topological polar surface area (TPSA) is 38.0 Å². The van der Waals surface area contributed by atoms with Crippen LogP contribution in [0.3, 0.4) is 0 Å². The summed E-state index contributed by atoms with van der Waals surface area (Å²) in [4.78, 5) is 0. The molecule has 2 nitrogen and oxygen atoms in total. The molecule has 3 aromatic rings. The van der Waals surface area contributed by atoms with Gasteiger partial charge in [-0.3, -0.25) is 0 Å². The van der Waals surface area contributed by atoms with Crippen molar-refractivity contribution in [2.24, 2.45) is 0 Å². The van der Waals surface area contributed by atoms with E-state index >= 15 is 0 Å². The molecule has 3 aromatic carbocycles. The maximum Gasteiger partial charge on any atom is 0.0400 e. The Balaban J connectivity index is 0.000000194. The number of anilines is 2. The lowest BCUT2D eigenvalue weighted by molar-refractivity contribution is 1.15. The molecule has 0 fully saturated rings. The van der Waals surface area contributed by atoms with E-state index in [0.717, 1.165) is 17.9 Å². The standard InChI is InChI=1S/C13H13N.C6H7N/c1-3-7-12(8-4-1)11-14-13-9-5-2-6-10-13;7-6-4-2-1-3-5-6/h1-10,14H,11H2;1-5H,7H2. The van der Waals surface area contributed by atoms with Gasteiger partial charge < -0.3 is 11.1 Å². The first-order chi connectivity index (χ1) is 10.3. The molecule has 0 aliphatic heterocycles. The highest BCUT2D eigenvalue weighted by Gasteiger charge is 1.90. The van der Waals surface area contributed by atoms with Gasteiger partial charge in [0.15, 0.2) is 0 Å². The maximum absolute atomic E-state index is 5.36. The predicted molar refractivity (Wildman–Crippen MR) is 91.1 cm³/mol. The fourth-order valence-corrected chi connectivity index (χ4v) is 1.81. The fourth-order valence-electron chi connectivity index (χ4n) is 1.81. The van der Waals surface area contributed by atoms with Crippen molar-refractivity contribution >= 4 is 11.4 Å². The third kappa shape index (κ3) is 5.83. The quantitative estimate of drug-likeness (QED) is 0.688. The Bertz CT molecular complexity index is 567. The zero-order valence-electron chi connectivity index (χ0n) is 11.9. The number of hydrogen-bond acceptors (Lipinski definition) is 2. The van der Waals surface area contributed by atoms with E-state index in [1.54, 1.807) is 0 Å². The van der Waals surface area contributed by atoms with Crippen LogP contribution in [0.15, 0.2) is 91.0 Å². The average molecular weight is 276 g/mol. The van der Waals surface area contributed by atoms with E-state index in [-0.39, 0.29) is 0 Å². The molecule has 0 aromatic heterocycles. The van der Waals surface area contributed by atoms with E-state index in [4.69, 9.17) is 5.73 Å². The minimum Gasteiger partial charge on any atom is -0.399 e. The van der Waals surface area contributed by atoms with E-state index < -0.39 is 0 Å². The van der Waals surface area contributed by atoms with Gasteiger partial charge in [-0.25, -0.2) is 0 Å². The Labute approximate surface area is 126 Å². The van der Waals surface area contributed by atoms with Crippen LogP contribution in [0.25, 0.3) is 0 Å². The van der Waals surface area contributed by atoms with Crippen molar-refractivity contribution in [2.75, 3.05) is 11.1 Å². The molecule has 0 saturated heterocycles. The summed E-state index contributed by atoms with van der Waals surface area (Å²) in [6.45, 7) is 0.880. The summed E-state index contributed by atoms with van der Waals surface area (Å²) in [5.74, 6) is 0. The number of nitrogen functional groups attached to an aromatic ring is 1. The minimum absolute atomic E-state index is 0.822. The molecular weight excluding hydrogens is 256 g/mol. The van der Waals surface area contributed by atoms with Crippen LogP contribution in [-0.2, 0) is 6.54 Å². The number of nitrogens with two attached hydrogens (primary N) is 1. The van der Waals surface area contributed by atoms with Crippen molar-refractivity contribution in [1.82, 2.24) is 0 Å². The normalized spacial score (nSPS) is 9.33. The highest BCUT2D eigenvalue weighted by Crippen LogP contribution is 2.07. The van der Waals surface area contributed by atoms with Gasteiger partial charge in [0, 0.05) is 17.9 Å². The largest absolute Gasteiger partial charge is 0.399 e. The van der Waals surface area contributed by atoms with Crippen molar-refractivity contribution in [3.05, 3.63) is 96.6 Å². The van der Waals surface area contributed by atoms with E-state index in [9.17, 15) is 0 Å².